The zero-order valence-corrected chi connectivity index (χ0v) is 19.8. The van der Waals surface area contributed by atoms with Crippen LogP contribution in [-0.4, -0.2) is 32.8 Å². The third kappa shape index (κ3) is 5.91. The molecule has 2 heterocycles. The van der Waals surface area contributed by atoms with Gasteiger partial charge in [-0.05, 0) is 48.5 Å². The van der Waals surface area contributed by atoms with Crippen molar-refractivity contribution in [3.63, 3.8) is 0 Å². The molecule has 0 unspecified atom stereocenters. The van der Waals surface area contributed by atoms with E-state index < -0.39 is 6.03 Å². The fourth-order valence-electron chi connectivity index (χ4n) is 3.15. The number of anilines is 3. The summed E-state index contributed by atoms with van der Waals surface area (Å²) in [7, 11) is 1.76. The molecule has 10 heteroatoms. The Morgan fingerprint density at radius 1 is 0.971 bits per heavy atom. The number of carbonyl (C=O) groups is 1. The van der Waals surface area contributed by atoms with Crippen molar-refractivity contribution in [2.24, 2.45) is 0 Å². The summed E-state index contributed by atoms with van der Waals surface area (Å²) < 4.78 is 20.7. The van der Waals surface area contributed by atoms with Gasteiger partial charge in [-0.1, -0.05) is 20.8 Å². The van der Waals surface area contributed by atoms with Crippen molar-refractivity contribution >= 4 is 23.4 Å². The summed E-state index contributed by atoms with van der Waals surface area (Å²) in [6.45, 7) is 6.08. The Labute approximate surface area is 202 Å². The van der Waals surface area contributed by atoms with Gasteiger partial charge in [-0.2, -0.15) is 5.10 Å². The Kier molecular flexibility index (Phi) is 6.63. The van der Waals surface area contributed by atoms with E-state index in [9.17, 15) is 9.18 Å². The molecule has 0 spiro atoms. The summed E-state index contributed by atoms with van der Waals surface area (Å²) >= 11 is 0. The number of ether oxygens (including phenoxy) is 1. The summed E-state index contributed by atoms with van der Waals surface area (Å²) in [4.78, 5) is 20.9. The first kappa shape index (κ1) is 23.7. The molecule has 35 heavy (non-hydrogen) atoms. The van der Waals surface area contributed by atoms with Crippen molar-refractivity contribution in [3.8, 4) is 17.3 Å². The van der Waals surface area contributed by atoms with Crippen LogP contribution in [0.4, 0.5) is 26.5 Å². The lowest BCUT2D eigenvalue weighted by Gasteiger charge is -2.14. The van der Waals surface area contributed by atoms with Gasteiger partial charge >= 0.3 is 6.03 Å². The second-order valence-corrected chi connectivity index (χ2v) is 8.75. The van der Waals surface area contributed by atoms with Crippen molar-refractivity contribution in [2.45, 2.75) is 26.2 Å². The third-order valence-corrected chi connectivity index (χ3v) is 5.02. The molecule has 0 aliphatic carbocycles. The maximum atomic E-state index is 13.4. The maximum Gasteiger partial charge on any atom is 0.324 e. The molecule has 2 aromatic heterocycles. The van der Waals surface area contributed by atoms with Crippen LogP contribution >= 0.6 is 0 Å². The number of rotatable bonds is 6. The van der Waals surface area contributed by atoms with Crippen LogP contribution in [0.1, 0.15) is 26.5 Å². The molecule has 4 rings (SSSR count). The van der Waals surface area contributed by atoms with Crippen molar-refractivity contribution in [1.82, 2.24) is 19.7 Å². The monoisotopic (exact) mass is 475 g/mol. The van der Waals surface area contributed by atoms with Crippen LogP contribution < -0.4 is 20.7 Å². The maximum absolute atomic E-state index is 13.4. The van der Waals surface area contributed by atoms with Crippen LogP contribution in [0.5, 0.6) is 11.6 Å². The van der Waals surface area contributed by atoms with Gasteiger partial charge in [-0.25, -0.2) is 23.8 Å². The molecule has 0 fully saturated rings. The number of aromatic nitrogens is 4. The predicted octanol–water partition coefficient (Wildman–Crippen LogP) is 5.58. The Morgan fingerprint density at radius 2 is 1.69 bits per heavy atom. The second-order valence-electron chi connectivity index (χ2n) is 8.75. The lowest BCUT2D eigenvalue weighted by atomic mass is 9.92. The lowest BCUT2D eigenvalue weighted by Crippen LogP contribution is -2.21. The number of nitrogens with one attached hydrogen (secondary N) is 3. The van der Waals surface area contributed by atoms with E-state index in [4.69, 9.17) is 4.74 Å². The number of nitrogens with zero attached hydrogens (tertiary/aromatic N) is 4. The number of carbonyl (C=O) groups excluding carboxylic acids is 1. The van der Waals surface area contributed by atoms with Gasteiger partial charge in [0.15, 0.2) is 0 Å². The van der Waals surface area contributed by atoms with Crippen molar-refractivity contribution in [1.29, 1.82) is 0 Å². The summed E-state index contributed by atoms with van der Waals surface area (Å²) in [6, 6.07) is 15.8. The molecule has 3 N–H and O–H groups in total. The van der Waals surface area contributed by atoms with E-state index >= 15 is 0 Å². The zero-order valence-electron chi connectivity index (χ0n) is 19.8. The predicted molar refractivity (Wildman–Crippen MR) is 133 cm³/mol. The number of halogens is 1. The Hall–Kier alpha value is -4.47. The van der Waals surface area contributed by atoms with Crippen LogP contribution in [0, 0.1) is 5.82 Å². The molecule has 0 bridgehead atoms. The highest BCUT2D eigenvalue weighted by molar-refractivity contribution is 5.99. The molecular formula is C25H26FN7O2. The normalized spacial score (nSPS) is 11.1. The first-order valence-electron chi connectivity index (χ1n) is 10.9. The van der Waals surface area contributed by atoms with E-state index in [1.54, 1.807) is 60.3 Å². The first-order chi connectivity index (χ1) is 16.7. The van der Waals surface area contributed by atoms with Gasteiger partial charge < -0.3 is 15.4 Å². The molecule has 0 aliphatic rings. The molecule has 0 aliphatic heterocycles. The molecule has 4 aromatic rings. The van der Waals surface area contributed by atoms with Crippen LogP contribution in [-0.2, 0) is 5.41 Å². The highest BCUT2D eigenvalue weighted by atomic mass is 19.1. The highest BCUT2D eigenvalue weighted by Crippen LogP contribution is 2.27. The highest BCUT2D eigenvalue weighted by Gasteiger charge is 2.21. The Morgan fingerprint density at radius 3 is 2.34 bits per heavy atom. The summed E-state index contributed by atoms with van der Waals surface area (Å²) in [5.41, 5.74) is 1.73. The largest absolute Gasteiger partial charge is 0.439 e. The van der Waals surface area contributed by atoms with Crippen LogP contribution in [0.25, 0.3) is 5.69 Å². The molecule has 2 amide bonds. The van der Waals surface area contributed by atoms with Gasteiger partial charge in [0.1, 0.15) is 29.5 Å². The average molecular weight is 476 g/mol. The van der Waals surface area contributed by atoms with Gasteiger partial charge in [-0.3, -0.25) is 5.32 Å². The fraction of sp³-hybridized carbons (Fsp3) is 0.200. The topological polar surface area (TPSA) is 106 Å². The lowest BCUT2D eigenvalue weighted by molar-refractivity contribution is 0.262. The van der Waals surface area contributed by atoms with Crippen LogP contribution in [0.2, 0.25) is 0 Å². The number of benzene rings is 2. The number of hydrogen-bond donors (Lipinski definition) is 3. The standard InChI is InChI=1S/C25H26FN7O2/c1-25(2,3)20-13-22(33(32-20)18-9-5-16(26)6-10-18)31-24(34)30-17-7-11-19(12-8-17)35-23-14-21(27-4)28-15-29-23/h5-15H,1-4H3,(H,27,28,29)(H2,30,31,34). The third-order valence-electron chi connectivity index (χ3n) is 5.02. The second kappa shape index (κ2) is 9.80. The molecule has 0 atom stereocenters. The van der Waals surface area contributed by atoms with E-state index in [2.05, 4.69) is 31.0 Å². The molecule has 0 saturated carbocycles. The van der Waals surface area contributed by atoms with Gasteiger partial charge in [-0.15, -0.1) is 0 Å². The van der Waals surface area contributed by atoms with Crippen molar-refractivity contribution < 1.29 is 13.9 Å². The van der Waals surface area contributed by atoms with Gasteiger partial charge in [0.05, 0.1) is 11.4 Å². The average Bonchev–Trinajstić information content (AvgIpc) is 3.25. The van der Waals surface area contributed by atoms with Gasteiger partial charge in [0.25, 0.3) is 0 Å². The number of urea groups is 1. The molecule has 0 saturated heterocycles. The molecule has 180 valence electrons. The van der Waals surface area contributed by atoms with E-state index in [1.165, 1.54) is 18.5 Å². The number of hydrogen-bond acceptors (Lipinski definition) is 6. The minimum absolute atomic E-state index is 0.244. The quantitative estimate of drug-likeness (QED) is 0.336. The summed E-state index contributed by atoms with van der Waals surface area (Å²) in [5.74, 6) is 1.70. The van der Waals surface area contributed by atoms with E-state index in [-0.39, 0.29) is 11.2 Å². The van der Waals surface area contributed by atoms with E-state index in [0.717, 1.165) is 5.69 Å². The van der Waals surface area contributed by atoms with Crippen LogP contribution in [0.15, 0.2) is 67.0 Å². The van der Waals surface area contributed by atoms with Crippen LogP contribution in [0.3, 0.4) is 0 Å². The Balaban J connectivity index is 1.47. The minimum atomic E-state index is -0.447. The molecule has 0 radical (unpaired) electrons. The van der Waals surface area contributed by atoms with Gasteiger partial charge in [0, 0.05) is 30.3 Å². The summed E-state index contributed by atoms with van der Waals surface area (Å²) in [5, 5.41) is 13.2. The summed E-state index contributed by atoms with van der Waals surface area (Å²) in [6.07, 6.45) is 1.41. The Bertz CT molecular complexity index is 1310. The molecule has 2 aromatic carbocycles. The molecule has 9 nitrogen and oxygen atoms in total. The first-order valence-corrected chi connectivity index (χ1v) is 10.9. The smallest absolute Gasteiger partial charge is 0.324 e. The fourth-order valence-corrected chi connectivity index (χ4v) is 3.15. The minimum Gasteiger partial charge on any atom is -0.439 e. The van der Waals surface area contributed by atoms with E-state index in [0.29, 0.717) is 34.6 Å². The van der Waals surface area contributed by atoms with Gasteiger partial charge in [0.2, 0.25) is 5.88 Å². The van der Waals surface area contributed by atoms with Crippen molar-refractivity contribution in [2.75, 3.05) is 23.0 Å². The van der Waals surface area contributed by atoms with Crippen molar-refractivity contribution in [3.05, 3.63) is 78.5 Å². The van der Waals surface area contributed by atoms with E-state index in [1.807, 2.05) is 20.8 Å². The molecular weight excluding hydrogens is 449 g/mol. The zero-order chi connectivity index (χ0) is 25.0. The number of amides is 2. The SMILES string of the molecule is CNc1cc(Oc2ccc(NC(=O)Nc3cc(C(C)(C)C)nn3-c3ccc(F)cc3)cc2)ncn1.